The second kappa shape index (κ2) is 8.78. The number of methoxy groups -OCH3 is 1. The van der Waals surface area contributed by atoms with Crippen LogP contribution in [0.1, 0.15) is 43.7 Å². The Bertz CT molecular complexity index is 460. The third kappa shape index (κ3) is 5.84. The van der Waals surface area contributed by atoms with Crippen LogP contribution in [-0.4, -0.2) is 26.2 Å². The minimum atomic E-state index is -0.203. The summed E-state index contributed by atoms with van der Waals surface area (Å²) in [5, 5.41) is 2.91. The van der Waals surface area contributed by atoms with Crippen LogP contribution in [0.25, 0.3) is 0 Å². The molecule has 0 aliphatic rings. The molecule has 3 nitrogen and oxygen atoms in total. The van der Waals surface area contributed by atoms with E-state index in [4.69, 9.17) is 4.74 Å². The molecule has 1 rings (SSSR count). The van der Waals surface area contributed by atoms with Gasteiger partial charge in [0, 0.05) is 26.7 Å². The fourth-order valence-electron chi connectivity index (χ4n) is 2.35. The number of hydrogen-bond acceptors (Lipinski definition) is 2. The van der Waals surface area contributed by atoms with Gasteiger partial charge in [-0.1, -0.05) is 26.0 Å². The minimum Gasteiger partial charge on any atom is -0.385 e. The van der Waals surface area contributed by atoms with Crippen molar-refractivity contribution >= 4 is 5.91 Å². The molecule has 1 N–H and O–H groups in total. The second-order valence-electron chi connectivity index (χ2n) is 5.76. The van der Waals surface area contributed by atoms with Gasteiger partial charge in [0.15, 0.2) is 0 Å². The van der Waals surface area contributed by atoms with Gasteiger partial charge in [0.25, 0.3) is 0 Å². The number of benzene rings is 1. The molecule has 118 valence electrons. The van der Waals surface area contributed by atoms with Gasteiger partial charge in [0.1, 0.15) is 5.82 Å². The van der Waals surface area contributed by atoms with E-state index in [1.807, 2.05) is 6.07 Å². The number of hydrogen-bond donors (Lipinski definition) is 1. The quantitative estimate of drug-likeness (QED) is 0.746. The molecule has 1 amide bonds. The van der Waals surface area contributed by atoms with Gasteiger partial charge in [0.2, 0.25) is 5.91 Å². The van der Waals surface area contributed by atoms with E-state index in [1.54, 1.807) is 20.1 Å². The van der Waals surface area contributed by atoms with Crippen molar-refractivity contribution in [3.05, 3.63) is 35.1 Å². The van der Waals surface area contributed by atoms with Gasteiger partial charge in [-0.15, -0.1) is 0 Å². The lowest BCUT2D eigenvalue weighted by molar-refractivity contribution is -0.121. The first kappa shape index (κ1) is 17.6. The lowest BCUT2D eigenvalue weighted by Gasteiger charge is -2.21. The fourth-order valence-corrected chi connectivity index (χ4v) is 2.35. The van der Waals surface area contributed by atoms with Gasteiger partial charge in [-0.25, -0.2) is 4.39 Å². The zero-order valence-electron chi connectivity index (χ0n) is 13.4. The molecule has 0 bridgehead atoms. The van der Waals surface area contributed by atoms with Crippen LogP contribution in [0.15, 0.2) is 18.2 Å². The van der Waals surface area contributed by atoms with Crippen LogP contribution in [0.2, 0.25) is 0 Å². The number of carbonyl (C=O) groups excluding carboxylic acids is 1. The molecule has 0 heterocycles. The highest BCUT2D eigenvalue weighted by molar-refractivity contribution is 5.76. The molecule has 1 unspecified atom stereocenters. The molecule has 0 aliphatic heterocycles. The third-order valence-corrected chi connectivity index (χ3v) is 3.67. The Labute approximate surface area is 126 Å². The van der Waals surface area contributed by atoms with Crippen LogP contribution in [0.4, 0.5) is 4.39 Å². The maximum absolute atomic E-state index is 13.4. The molecule has 0 spiro atoms. The number of amides is 1. The standard InChI is InChI=1S/C17H26FNO2/c1-12(2)15(11-17(20)19-8-5-9-21-4)14-6-7-16(18)13(3)10-14/h6-7,10,12,15H,5,8-9,11H2,1-4H3,(H,19,20). The van der Waals surface area contributed by atoms with Crippen LogP contribution >= 0.6 is 0 Å². The summed E-state index contributed by atoms with van der Waals surface area (Å²) < 4.78 is 18.3. The molecule has 1 aromatic carbocycles. The van der Waals surface area contributed by atoms with E-state index in [1.165, 1.54) is 6.07 Å². The summed E-state index contributed by atoms with van der Waals surface area (Å²) in [6.45, 7) is 7.19. The van der Waals surface area contributed by atoms with Crippen LogP contribution in [0, 0.1) is 18.7 Å². The van der Waals surface area contributed by atoms with Crippen molar-refractivity contribution in [2.45, 2.75) is 39.5 Å². The molecule has 4 heteroatoms. The van der Waals surface area contributed by atoms with E-state index in [0.717, 1.165) is 12.0 Å². The highest BCUT2D eigenvalue weighted by Gasteiger charge is 2.20. The summed E-state index contributed by atoms with van der Waals surface area (Å²) in [6.07, 6.45) is 1.24. The summed E-state index contributed by atoms with van der Waals surface area (Å²) in [6, 6.07) is 5.11. The van der Waals surface area contributed by atoms with E-state index < -0.39 is 0 Å². The Hall–Kier alpha value is -1.42. The Morgan fingerprint density at radius 1 is 1.38 bits per heavy atom. The second-order valence-corrected chi connectivity index (χ2v) is 5.76. The van der Waals surface area contributed by atoms with Crippen LogP contribution in [0.3, 0.4) is 0 Å². The molecule has 0 saturated heterocycles. The first-order valence-corrected chi connectivity index (χ1v) is 7.47. The average molecular weight is 295 g/mol. The van der Waals surface area contributed by atoms with Gasteiger partial charge in [-0.3, -0.25) is 4.79 Å². The highest BCUT2D eigenvalue weighted by Crippen LogP contribution is 2.29. The van der Waals surface area contributed by atoms with Crippen molar-refractivity contribution in [3.8, 4) is 0 Å². The van der Waals surface area contributed by atoms with Gasteiger partial charge in [0.05, 0.1) is 0 Å². The predicted octanol–water partition coefficient (Wildman–Crippen LogP) is 3.42. The fraction of sp³-hybridized carbons (Fsp3) is 0.588. The number of nitrogens with one attached hydrogen (secondary N) is 1. The van der Waals surface area contributed by atoms with Gasteiger partial charge in [-0.2, -0.15) is 0 Å². The van der Waals surface area contributed by atoms with Crippen molar-refractivity contribution < 1.29 is 13.9 Å². The molecule has 0 radical (unpaired) electrons. The van der Waals surface area contributed by atoms with Gasteiger partial charge >= 0.3 is 0 Å². The van der Waals surface area contributed by atoms with Crippen molar-refractivity contribution in [1.82, 2.24) is 5.32 Å². The molecule has 21 heavy (non-hydrogen) atoms. The van der Waals surface area contributed by atoms with E-state index in [-0.39, 0.29) is 17.6 Å². The van der Waals surface area contributed by atoms with Crippen molar-refractivity contribution in [2.75, 3.05) is 20.3 Å². The lowest BCUT2D eigenvalue weighted by Crippen LogP contribution is -2.27. The molecule has 0 aromatic heterocycles. The van der Waals surface area contributed by atoms with Crippen molar-refractivity contribution in [2.24, 2.45) is 5.92 Å². The third-order valence-electron chi connectivity index (χ3n) is 3.67. The summed E-state index contributed by atoms with van der Waals surface area (Å²) >= 11 is 0. The molecule has 1 atom stereocenters. The highest BCUT2D eigenvalue weighted by atomic mass is 19.1. The van der Waals surface area contributed by atoms with Crippen molar-refractivity contribution in [3.63, 3.8) is 0 Å². The monoisotopic (exact) mass is 295 g/mol. The average Bonchev–Trinajstić information content (AvgIpc) is 2.44. The smallest absolute Gasteiger partial charge is 0.220 e. The Balaban J connectivity index is 2.65. The van der Waals surface area contributed by atoms with Gasteiger partial charge in [-0.05, 0) is 42.4 Å². The van der Waals surface area contributed by atoms with E-state index >= 15 is 0 Å². The van der Waals surface area contributed by atoms with Crippen LogP contribution in [0.5, 0.6) is 0 Å². The molecular weight excluding hydrogens is 269 g/mol. The van der Waals surface area contributed by atoms with E-state index in [9.17, 15) is 9.18 Å². The maximum Gasteiger partial charge on any atom is 0.220 e. The first-order chi connectivity index (χ1) is 9.95. The van der Waals surface area contributed by atoms with Crippen molar-refractivity contribution in [1.29, 1.82) is 0 Å². The molecular formula is C17H26FNO2. The Morgan fingerprint density at radius 3 is 2.67 bits per heavy atom. The maximum atomic E-state index is 13.4. The summed E-state index contributed by atoms with van der Waals surface area (Å²) in [7, 11) is 1.65. The minimum absolute atomic E-state index is 0.0341. The molecule has 0 fully saturated rings. The summed E-state index contributed by atoms with van der Waals surface area (Å²) in [4.78, 5) is 12.0. The normalized spacial score (nSPS) is 12.5. The molecule has 0 aliphatic carbocycles. The van der Waals surface area contributed by atoms with Crippen LogP contribution < -0.4 is 5.32 Å². The Kier molecular flexibility index (Phi) is 7.37. The van der Waals surface area contributed by atoms with E-state index in [0.29, 0.717) is 31.1 Å². The van der Waals surface area contributed by atoms with Gasteiger partial charge < -0.3 is 10.1 Å². The zero-order chi connectivity index (χ0) is 15.8. The van der Waals surface area contributed by atoms with Crippen LogP contribution in [-0.2, 0) is 9.53 Å². The topological polar surface area (TPSA) is 38.3 Å². The number of ether oxygens (including phenoxy) is 1. The predicted molar refractivity (Wildman–Crippen MR) is 82.8 cm³/mol. The number of halogens is 1. The number of carbonyl (C=O) groups is 1. The Morgan fingerprint density at radius 2 is 2.10 bits per heavy atom. The SMILES string of the molecule is COCCCNC(=O)CC(c1ccc(F)c(C)c1)C(C)C. The summed E-state index contributed by atoms with van der Waals surface area (Å²) in [5.74, 6) is 0.253. The van der Waals surface area contributed by atoms with E-state index in [2.05, 4.69) is 19.2 Å². The summed E-state index contributed by atoms with van der Waals surface area (Å²) in [5.41, 5.74) is 1.65. The zero-order valence-corrected chi connectivity index (χ0v) is 13.4. The first-order valence-electron chi connectivity index (χ1n) is 7.47. The molecule has 1 aromatic rings. The largest absolute Gasteiger partial charge is 0.385 e. The number of aryl methyl sites for hydroxylation is 1. The number of rotatable bonds is 8. The lowest BCUT2D eigenvalue weighted by atomic mass is 9.85. The molecule has 0 saturated carbocycles.